The van der Waals surface area contributed by atoms with Gasteiger partial charge < -0.3 is 9.26 Å². The lowest BCUT2D eigenvalue weighted by atomic mass is 10.3. The second kappa shape index (κ2) is 7.72. The van der Waals surface area contributed by atoms with Crippen LogP contribution in [0.1, 0.15) is 5.89 Å². The van der Waals surface area contributed by atoms with Crippen LogP contribution in [0.3, 0.4) is 0 Å². The van der Waals surface area contributed by atoms with E-state index in [1.807, 2.05) is 17.5 Å². The predicted octanol–water partition coefficient (Wildman–Crippen LogP) is 2.44. The molecular formula is C15H14FN3O4S2. The smallest absolute Gasteiger partial charge is 0.242 e. The summed E-state index contributed by atoms with van der Waals surface area (Å²) < 4.78 is 49.3. The maximum atomic E-state index is 12.8. The number of hydrogen-bond acceptors (Lipinski definition) is 7. The van der Waals surface area contributed by atoms with Crippen molar-refractivity contribution in [3.05, 3.63) is 53.5 Å². The Morgan fingerprint density at radius 1 is 1.24 bits per heavy atom. The van der Waals surface area contributed by atoms with Crippen molar-refractivity contribution in [3.8, 4) is 16.5 Å². The zero-order chi connectivity index (χ0) is 17.7. The van der Waals surface area contributed by atoms with Crippen molar-refractivity contribution in [2.24, 2.45) is 0 Å². The first-order chi connectivity index (χ1) is 12.0. The first-order valence-electron chi connectivity index (χ1n) is 7.24. The van der Waals surface area contributed by atoms with Crippen molar-refractivity contribution < 1.29 is 22.1 Å². The number of halogens is 1. The molecular weight excluding hydrogens is 369 g/mol. The number of nitrogens with zero attached hydrogens (tertiary/aromatic N) is 2. The summed E-state index contributed by atoms with van der Waals surface area (Å²) in [5.74, 6) is 0.350. The Morgan fingerprint density at radius 2 is 2.04 bits per heavy atom. The zero-order valence-electron chi connectivity index (χ0n) is 12.9. The molecule has 0 aliphatic carbocycles. The molecule has 0 unspecified atom stereocenters. The molecule has 0 radical (unpaired) electrons. The van der Waals surface area contributed by atoms with Gasteiger partial charge in [-0.05, 0) is 35.7 Å². The SMILES string of the molecule is O=S(=O)(CCOc1ccc(F)cc1)NCc1nc(-c2cccs2)no1. The largest absolute Gasteiger partial charge is 0.492 e. The molecule has 0 aliphatic heterocycles. The third-order valence-electron chi connectivity index (χ3n) is 3.09. The highest BCUT2D eigenvalue weighted by atomic mass is 32.2. The maximum absolute atomic E-state index is 12.8. The molecule has 3 aromatic rings. The fourth-order valence-corrected chi connectivity index (χ4v) is 3.32. The van der Waals surface area contributed by atoms with Gasteiger partial charge in [0.1, 0.15) is 18.2 Å². The number of rotatable bonds is 8. The van der Waals surface area contributed by atoms with Gasteiger partial charge >= 0.3 is 0 Å². The summed E-state index contributed by atoms with van der Waals surface area (Å²) >= 11 is 1.46. The molecule has 1 N–H and O–H groups in total. The van der Waals surface area contributed by atoms with Gasteiger partial charge in [-0.25, -0.2) is 17.5 Å². The van der Waals surface area contributed by atoms with E-state index in [1.165, 1.54) is 35.6 Å². The van der Waals surface area contributed by atoms with Crippen LogP contribution in [0.5, 0.6) is 5.75 Å². The van der Waals surface area contributed by atoms with Crippen molar-refractivity contribution >= 4 is 21.4 Å². The van der Waals surface area contributed by atoms with E-state index in [0.717, 1.165) is 4.88 Å². The molecule has 10 heteroatoms. The highest BCUT2D eigenvalue weighted by Crippen LogP contribution is 2.21. The lowest BCUT2D eigenvalue weighted by molar-refractivity contribution is 0.339. The molecule has 0 atom stereocenters. The lowest BCUT2D eigenvalue weighted by Gasteiger charge is -2.07. The van der Waals surface area contributed by atoms with Gasteiger partial charge in [0.05, 0.1) is 17.2 Å². The third kappa shape index (κ3) is 5.08. The van der Waals surface area contributed by atoms with Crippen LogP contribution in [0.25, 0.3) is 10.7 Å². The fourth-order valence-electron chi connectivity index (χ4n) is 1.88. The minimum atomic E-state index is -3.58. The average molecular weight is 383 g/mol. The molecule has 0 amide bonds. The molecule has 1 aromatic carbocycles. The van der Waals surface area contributed by atoms with Crippen LogP contribution in [-0.2, 0) is 16.6 Å². The van der Waals surface area contributed by atoms with Gasteiger partial charge in [0, 0.05) is 0 Å². The molecule has 2 heterocycles. The lowest BCUT2D eigenvalue weighted by Crippen LogP contribution is -2.28. The van der Waals surface area contributed by atoms with Crippen LogP contribution < -0.4 is 9.46 Å². The number of ether oxygens (including phenoxy) is 1. The van der Waals surface area contributed by atoms with E-state index in [-0.39, 0.29) is 30.6 Å². The van der Waals surface area contributed by atoms with Gasteiger partial charge in [-0.2, -0.15) is 4.98 Å². The monoisotopic (exact) mass is 383 g/mol. The van der Waals surface area contributed by atoms with Crippen LogP contribution in [0.2, 0.25) is 0 Å². The fraction of sp³-hybridized carbons (Fsp3) is 0.200. The molecule has 0 fully saturated rings. The van der Waals surface area contributed by atoms with Crippen molar-refractivity contribution in [1.29, 1.82) is 0 Å². The van der Waals surface area contributed by atoms with Gasteiger partial charge in [-0.15, -0.1) is 11.3 Å². The first-order valence-corrected chi connectivity index (χ1v) is 9.77. The van der Waals surface area contributed by atoms with E-state index >= 15 is 0 Å². The summed E-state index contributed by atoms with van der Waals surface area (Å²) in [6.45, 7) is -0.164. The highest BCUT2D eigenvalue weighted by molar-refractivity contribution is 7.89. The number of thiophene rings is 1. The molecule has 0 spiro atoms. The number of nitrogens with one attached hydrogen (secondary N) is 1. The van der Waals surface area contributed by atoms with Crippen LogP contribution >= 0.6 is 11.3 Å². The molecule has 0 saturated carbocycles. The Morgan fingerprint density at radius 3 is 2.76 bits per heavy atom. The second-order valence-corrected chi connectivity index (χ2v) is 7.81. The molecule has 0 saturated heterocycles. The quantitative estimate of drug-likeness (QED) is 0.642. The van der Waals surface area contributed by atoms with Crippen molar-refractivity contribution in [3.63, 3.8) is 0 Å². The Hall–Kier alpha value is -2.30. The van der Waals surface area contributed by atoms with Gasteiger partial charge in [-0.1, -0.05) is 11.2 Å². The molecule has 3 rings (SSSR count). The summed E-state index contributed by atoms with van der Waals surface area (Å²) in [4.78, 5) is 4.97. The zero-order valence-corrected chi connectivity index (χ0v) is 14.5. The minimum absolute atomic E-state index is 0.0642. The summed E-state index contributed by atoms with van der Waals surface area (Å²) in [5.41, 5.74) is 0. The Labute approximate surface area is 147 Å². The van der Waals surface area contributed by atoms with Gasteiger partial charge in [0.2, 0.25) is 21.7 Å². The normalized spacial score (nSPS) is 11.6. The Balaban J connectivity index is 1.47. The molecule has 132 valence electrons. The van der Waals surface area contributed by atoms with E-state index in [2.05, 4.69) is 14.9 Å². The number of sulfonamides is 1. The third-order valence-corrected chi connectivity index (χ3v) is 5.24. The van der Waals surface area contributed by atoms with Gasteiger partial charge in [0.25, 0.3) is 0 Å². The van der Waals surface area contributed by atoms with Crippen LogP contribution in [0.4, 0.5) is 4.39 Å². The molecule has 2 aromatic heterocycles. The predicted molar refractivity (Wildman–Crippen MR) is 90.1 cm³/mol. The maximum Gasteiger partial charge on any atom is 0.242 e. The van der Waals surface area contributed by atoms with Crippen LogP contribution in [0, 0.1) is 5.82 Å². The van der Waals surface area contributed by atoms with Gasteiger partial charge in [-0.3, -0.25) is 0 Å². The number of aromatic nitrogens is 2. The summed E-state index contributed by atoms with van der Waals surface area (Å²) in [5, 5.41) is 5.69. The summed E-state index contributed by atoms with van der Waals surface area (Å²) in [6, 6.07) is 9.04. The van der Waals surface area contributed by atoms with Gasteiger partial charge in [0.15, 0.2) is 0 Å². The Kier molecular flexibility index (Phi) is 5.41. The standard InChI is InChI=1S/C15H14FN3O4S2/c16-11-3-5-12(6-4-11)22-7-9-25(20,21)17-10-14-18-15(19-23-14)13-2-1-8-24-13/h1-6,8,17H,7,9-10H2. The summed E-state index contributed by atoms with van der Waals surface area (Å²) in [6.07, 6.45) is 0. The van der Waals surface area contributed by atoms with Crippen LogP contribution in [-0.4, -0.2) is 30.9 Å². The summed E-state index contributed by atoms with van der Waals surface area (Å²) in [7, 11) is -3.58. The minimum Gasteiger partial charge on any atom is -0.492 e. The number of benzene rings is 1. The average Bonchev–Trinajstić information content (AvgIpc) is 3.26. The molecule has 0 aliphatic rings. The molecule has 0 bridgehead atoms. The Bertz CT molecular complexity index is 909. The van der Waals surface area contributed by atoms with E-state index in [4.69, 9.17) is 9.26 Å². The van der Waals surface area contributed by atoms with Crippen molar-refractivity contribution in [2.75, 3.05) is 12.4 Å². The topological polar surface area (TPSA) is 94.3 Å². The molecule has 25 heavy (non-hydrogen) atoms. The molecule has 7 nitrogen and oxygen atoms in total. The first kappa shape index (κ1) is 17.5. The van der Waals surface area contributed by atoms with E-state index in [9.17, 15) is 12.8 Å². The van der Waals surface area contributed by atoms with Crippen molar-refractivity contribution in [2.45, 2.75) is 6.54 Å². The second-order valence-electron chi connectivity index (χ2n) is 4.93. The van der Waals surface area contributed by atoms with E-state index in [1.54, 1.807) is 0 Å². The van der Waals surface area contributed by atoms with Crippen molar-refractivity contribution in [1.82, 2.24) is 14.9 Å². The van der Waals surface area contributed by atoms with E-state index < -0.39 is 10.0 Å². The van der Waals surface area contributed by atoms with Crippen LogP contribution in [0.15, 0.2) is 46.3 Å². The highest BCUT2D eigenvalue weighted by Gasteiger charge is 2.14. The van der Waals surface area contributed by atoms with E-state index in [0.29, 0.717) is 11.6 Å². The number of hydrogen-bond donors (Lipinski definition) is 1.